The van der Waals surface area contributed by atoms with Crippen molar-refractivity contribution in [2.24, 2.45) is 0 Å². The Labute approximate surface area is 187 Å². The van der Waals surface area contributed by atoms with Gasteiger partial charge in [0.25, 0.3) is 5.56 Å². The highest BCUT2D eigenvalue weighted by atomic mass is 19.4. The third-order valence-electron chi connectivity index (χ3n) is 5.09. The number of hydrogen-bond acceptors (Lipinski definition) is 4. The summed E-state index contributed by atoms with van der Waals surface area (Å²) in [6.07, 6.45) is -1.30. The number of nitrogens with zero attached hydrogens (tertiary/aromatic N) is 2. The lowest BCUT2D eigenvalue weighted by Crippen LogP contribution is -2.22. The molecule has 0 aliphatic rings. The van der Waals surface area contributed by atoms with Crippen LogP contribution < -0.4 is 15.0 Å². The van der Waals surface area contributed by atoms with Gasteiger partial charge < -0.3 is 9.47 Å². The van der Waals surface area contributed by atoms with E-state index in [1.165, 1.54) is 30.9 Å². The predicted octanol–water partition coefficient (Wildman–Crippen LogP) is 5.59. The molecule has 4 aromatic rings. The van der Waals surface area contributed by atoms with Gasteiger partial charge in [0.15, 0.2) is 0 Å². The Morgan fingerprint density at radius 3 is 2.42 bits per heavy atom. The zero-order valence-corrected chi connectivity index (χ0v) is 17.8. The van der Waals surface area contributed by atoms with Gasteiger partial charge >= 0.3 is 6.18 Å². The second-order valence-electron chi connectivity index (χ2n) is 7.12. The van der Waals surface area contributed by atoms with Gasteiger partial charge in [0.2, 0.25) is 0 Å². The van der Waals surface area contributed by atoms with Crippen LogP contribution in [0.1, 0.15) is 17.0 Å². The van der Waals surface area contributed by atoms with E-state index in [4.69, 9.17) is 9.47 Å². The normalized spacial score (nSPS) is 11.8. The number of rotatable bonds is 5. The van der Waals surface area contributed by atoms with Crippen molar-refractivity contribution in [2.75, 3.05) is 14.2 Å². The number of aromatic nitrogens is 2. The van der Waals surface area contributed by atoms with Gasteiger partial charge in [-0.25, -0.2) is 4.98 Å². The second-order valence-corrected chi connectivity index (χ2v) is 7.12. The van der Waals surface area contributed by atoms with E-state index in [1.54, 1.807) is 54.6 Å². The van der Waals surface area contributed by atoms with Crippen molar-refractivity contribution in [3.8, 4) is 17.2 Å². The van der Waals surface area contributed by atoms with Crippen LogP contribution in [-0.4, -0.2) is 23.8 Å². The number of fused-ring (bicyclic) bond motifs is 1. The molecule has 0 spiro atoms. The molecule has 0 aliphatic carbocycles. The summed E-state index contributed by atoms with van der Waals surface area (Å²) in [4.78, 5) is 17.8. The largest absolute Gasteiger partial charge is 0.497 e. The Kier molecular flexibility index (Phi) is 5.91. The maximum atomic E-state index is 13.3. The first kappa shape index (κ1) is 22.1. The Morgan fingerprint density at radius 1 is 0.909 bits per heavy atom. The first-order valence-electron chi connectivity index (χ1n) is 9.91. The lowest BCUT2D eigenvalue weighted by Gasteiger charge is -2.14. The van der Waals surface area contributed by atoms with Crippen LogP contribution in [-0.2, 0) is 6.18 Å². The van der Waals surface area contributed by atoms with E-state index in [9.17, 15) is 18.0 Å². The number of ether oxygens (including phenoxy) is 2. The summed E-state index contributed by atoms with van der Waals surface area (Å²) in [7, 11) is 3.05. The van der Waals surface area contributed by atoms with Gasteiger partial charge in [0.1, 0.15) is 17.3 Å². The summed E-state index contributed by atoms with van der Waals surface area (Å²) >= 11 is 0. The number of para-hydroxylation sites is 1. The highest BCUT2D eigenvalue weighted by molar-refractivity contribution is 5.80. The van der Waals surface area contributed by atoms with Gasteiger partial charge in [0.05, 0.1) is 36.4 Å². The molecule has 1 heterocycles. The fourth-order valence-corrected chi connectivity index (χ4v) is 3.45. The lowest BCUT2D eigenvalue weighted by molar-refractivity contribution is -0.137. The lowest BCUT2D eigenvalue weighted by atomic mass is 10.1. The Morgan fingerprint density at radius 2 is 1.70 bits per heavy atom. The Bertz CT molecular complexity index is 1410. The van der Waals surface area contributed by atoms with Crippen molar-refractivity contribution >= 4 is 23.1 Å². The maximum absolute atomic E-state index is 13.3. The average Bonchev–Trinajstić information content (AvgIpc) is 2.82. The zero-order chi connectivity index (χ0) is 23.6. The molecule has 8 heteroatoms. The number of hydrogen-bond donors (Lipinski definition) is 0. The molecule has 0 amide bonds. The van der Waals surface area contributed by atoms with E-state index in [2.05, 4.69) is 4.98 Å². The second kappa shape index (κ2) is 8.82. The Hall–Kier alpha value is -4.07. The first-order chi connectivity index (χ1) is 15.8. The topological polar surface area (TPSA) is 53.3 Å². The van der Waals surface area contributed by atoms with E-state index in [0.29, 0.717) is 28.0 Å². The fraction of sp³-hybridized carbons (Fsp3) is 0.120. The molecule has 0 unspecified atom stereocenters. The highest BCUT2D eigenvalue weighted by Gasteiger charge is 2.30. The zero-order valence-electron chi connectivity index (χ0n) is 17.8. The molecule has 5 nitrogen and oxygen atoms in total. The summed E-state index contributed by atoms with van der Waals surface area (Å²) < 4.78 is 51.7. The third kappa shape index (κ3) is 4.45. The quantitative estimate of drug-likeness (QED) is 0.396. The summed E-state index contributed by atoms with van der Waals surface area (Å²) in [5, 5.41) is 0.300. The molecule has 168 valence electrons. The van der Waals surface area contributed by atoms with Gasteiger partial charge in [-0.3, -0.25) is 9.36 Å². The van der Waals surface area contributed by atoms with Crippen molar-refractivity contribution in [2.45, 2.75) is 6.18 Å². The summed E-state index contributed by atoms with van der Waals surface area (Å²) in [5.41, 5.74) is -0.147. The average molecular weight is 452 g/mol. The van der Waals surface area contributed by atoms with Crippen molar-refractivity contribution in [1.29, 1.82) is 0 Å². The monoisotopic (exact) mass is 452 g/mol. The van der Waals surface area contributed by atoms with Crippen LogP contribution >= 0.6 is 0 Å². The molecule has 1 aromatic heterocycles. The molecule has 0 radical (unpaired) electrons. The molecule has 0 aliphatic heterocycles. The Balaban J connectivity index is 1.92. The predicted molar refractivity (Wildman–Crippen MR) is 121 cm³/mol. The SMILES string of the molecule is COc1ccc(C=Cc2nc3ccccc3c(=O)n2-c2cccc(C(F)(F)F)c2)c(OC)c1. The van der Waals surface area contributed by atoms with Gasteiger partial charge in [-0.1, -0.05) is 18.2 Å². The number of benzene rings is 3. The summed E-state index contributed by atoms with van der Waals surface area (Å²) in [5.74, 6) is 1.31. The number of methoxy groups -OCH3 is 2. The standard InChI is InChI=1S/C25H19F3N2O3/c1-32-19-12-10-16(22(15-19)33-2)11-13-23-29-21-9-4-3-8-20(21)24(31)30(23)18-7-5-6-17(14-18)25(26,27)28/h3-15H,1-2H3. The van der Waals surface area contributed by atoms with Crippen molar-refractivity contribution in [1.82, 2.24) is 9.55 Å². The van der Waals surface area contributed by atoms with Crippen molar-refractivity contribution in [3.63, 3.8) is 0 Å². The van der Waals surface area contributed by atoms with Gasteiger partial charge in [0, 0.05) is 11.6 Å². The molecule has 3 aromatic carbocycles. The molecule has 4 rings (SSSR count). The maximum Gasteiger partial charge on any atom is 0.416 e. The first-order valence-corrected chi connectivity index (χ1v) is 9.91. The smallest absolute Gasteiger partial charge is 0.416 e. The minimum atomic E-state index is -4.55. The molecule has 0 saturated heterocycles. The molecule has 0 atom stereocenters. The molecule has 0 fully saturated rings. The highest BCUT2D eigenvalue weighted by Crippen LogP contribution is 2.31. The number of halogens is 3. The fourth-order valence-electron chi connectivity index (χ4n) is 3.45. The van der Waals surface area contributed by atoms with Crippen LogP contribution in [0.3, 0.4) is 0 Å². The van der Waals surface area contributed by atoms with Crippen LogP contribution in [0, 0.1) is 0 Å². The third-order valence-corrected chi connectivity index (χ3v) is 5.09. The van der Waals surface area contributed by atoms with E-state index in [-0.39, 0.29) is 11.5 Å². The van der Waals surface area contributed by atoms with E-state index in [1.807, 2.05) is 0 Å². The van der Waals surface area contributed by atoms with Crippen LogP contribution in [0.15, 0.2) is 71.5 Å². The molecule has 0 bridgehead atoms. The van der Waals surface area contributed by atoms with Gasteiger partial charge in [-0.2, -0.15) is 13.2 Å². The van der Waals surface area contributed by atoms with E-state index < -0.39 is 17.3 Å². The molecular weight excluding hydrogens is 433 g/mol. The molecule has 0 saturated carbocycles. The summed E-state index contributed by atoms with van der Waals surface area (Å²) in [6, 6.07) is 16.5. The van der Waals surface area contributed by atoms with E-state index in [0.717, 1.165) is 12.1 Å². The molecular formula is C25H19F3N2O3. The van der Waals surface area contributed by atoms with Crippen LogP contribution in [0.2, 0.25) is 0 Å². The number of alkyl halides is 3. The van der Waals surface area contributed by atoms with Crippen LogP contribution in [0.4, 0.5) is 13.2 Å². The minimum Gasteiger partial charge on any atom is -0.497 e. The van der Waals surface area contributed by atoms with Crippen LogP contribution in [0.5, 0.6) is 11.5 Å². The summed E-state index contributed by atoms with van der Waals surface area (Å²) in [6.45, 7) is 0. The van der Waals surface area contributed by atoms with Crippen molar-refractivity contribution < 1.29 is 22.6 Å². The van der Waals surface area contributed by atoms with Gasteiger partial charge in [-0.15, -0.1) is 0 Å². The minimum absolute atomic E-state index is 0.0643. The van der Waals surface area contributed by atoms with Crippen molar-refractivity contribution in [3.05, 3.63) is 94.0 Å². The van der Waals surface area contributed by atoms with Gasteiger partial charge in [-0.05, 0) is 54.6 Å². The van der Waals surface area contributed by atoms with E-state index >= 15 is 0 Å². The molecule has 0 N–H and O–H groups in total. The van der Waals surface area contributed by atoms with Crippen LogP contribution in [0.25, 0.3) is 28.7 Å². The molecule has 33 heavy (non-hydrogen) atoms.